The zero-order valence-electron chi connectivity index (χ0n) is 30.9. The molecule has 2 N–H and O–H groups in total. The van der Waals surface area contributed by atoms with Crippen molar-refractivity contribution in [1.29, 1.82) is 0 Å². The molecule has 0 atom stereocenters. The molecule has 0 saturated heterocycles. The Morgan fingerprint density at radius 2 is 1.17 bits per heavy atom. The molecule has 0 unspecified atom stereocenters. The van der Waals surface area contributed by atoms with Gasteiger partial charge < -0.3 is 10.2 Å². The van der Waals surface area contributed by atoms with Gasteiger partial charge in [-0.15, -0.1) is 13.2 Å². The highest BCUT2D eigenvalue weighted by Gasteiger charge is 2.35. The van der Waals surface area contributed by atoms with Crippen LogP contribution in [0.15, 0.2) is 66.8 Å². The fraction of sp³-hybridized carbons (Fsp3) is 0.590. The molecule has 0 radical (unpaired) electrons. The van der Waals surface area contributed by atoms with Crippen LogP contribution in [0.1, 0.15) is 121 Å². The summed E-state index contributed by atoms with van der Waals surface area (Å²) >= 11 is 0. The summed E-state index contributed by atoms with van der Waals surface area (Å²) in [6, 6.07) is 16.7. The summed E-state index contributed by atoms with van der Waals surface area (Å²) in [5.41, 5.74) is 5.62. The highest BCUT2D eigenvalue weighted by Crippen LogP contribution is 2.36. The molecule has 47 heavy (non-hydrogen) atoms. The summed E-state index contributed by atoms with van der Waals surface area (Å²) in [6.07, 6.45) is 1.77. The predicted octanol–water partition coefficient (Wildman–Crippen LogP) is 9.61. The van der Waals surface area contributed by atoms with Crippen molar-refractivity contribution >= 4 is 21.6 Å². The van der Waals surface area contributed by atoms with Crippen LogP contribution < -0.4 is 10.0 Å². The first-order valence-corrected chi connectivity index (χ1v) is 18.1. The van der Waals surface area contributed by atoms with Gasteiger partial charge in [0.1, 0.15) is 11.8 Å². The van der Waals surface area contributed by atoms with Gasteiger partial charge in [-0.25, -0.2) is 13.1 Å². The van der Waals surface area contributed by atoms with Gasteiger partial charge in [0, 0.05) is 28.6 Å². The highest BCUT2D eigenvalue weighted by molar-refractivity contribution is 7.90. The predicted molar refractivity (Wildman–Crippen MR) is 204 cm³/mol. The van der Waals surface area contributed by atoms with E-state index in [0.717, 1.165) is 41.5 Å². The van der Waals surface area contributed by atoms with E-state index in [-0.39, 0.29) is 42.2 Å². The van der Waals surface area contributed by atoms with Crippen LogP contribution in [-0.2, 0) is 19.7 Å². The van der Waals surface area contributed by atoms with Gasteiger partial charge in [-0.3, -0.25) is 4.79 Å². The van der Waals surface area contributed by atoms with E-state index in [0.29, 0.717) is 0 Å². The number of fused-ring (bicyclic) bond motifs is 3. The van der Waals surface area contributed by atoms with E-state index in [2.05, 4.69) is 92.4 Å². The molecule has 7 nitrogen and oxygen atoms in total. The Labute approximate surface area is 289 Å². The Bertz CT molecular complexity index is 1270. The van der Waals surface area contributed by atoms with Gasteiger partial charge in [-0.1, -0.05) is 103 Å². The van der Waals surface area contributed by atoms with Crippen molar-refractivity contribution in [2.24, 2.45) is 22.9 Å². The van der Waals surface area contributed by atoms with Gasteiger partial charge in [0.15, 0.2) is 0 Å². The van der Waals surface area contributed by atoms with Crippen molar-refractivity contribution in [3.05, 3.63) is 72.8 Å². The van der Waals surface area contributed by atoms with E-state index >= 15 is 0 Å². The fourth-order valence-corrected chi connectivity index (χ4v) is 5.17. The molecule has 0 spiro atoms. The zero-order valence-corrected chi connectivity index (χ0v) is 31.7. The molecule has 1 saturated carbocycles. The Kier molecular flexibility index (Phi) is 21.4. The molecule has 2 aromatic rings. The van der Waals surface area contributed by atoms with E-state index in [9.17, 15) is 13.2 Å². The second-order valence-electron chi connectivity index (χ2n) is 14.1. The number of hydrogen-bond acceptors (Lipinski definition) is 5. The van der Waals surface area contributed by atoms with Crippen LogP contribution in [0.4, 0.5) is 0 Å². The number of nitrogens with zero attached hydrogens (tertiary/aromatic N) is 1. The molecule has 0 bridgehead atoms. The number of sulfonamides is 1. The van der Waals surface area contributed by atoms with E-state index in [4.69, 9.17) is 4.84 Å². The molecule has 2 aliphatic carbocycles. The van der Waals surface area contributed by atoms with E-state index < -0.39 is 10.0 Å². The summed E-state index contributed by atoms with van der Waals surface area (Å²) < 4.78 is 24.7. The molecule has 8 heteroatoms. The molecule has 1 fully saturated rings. The van der Waals surface area contributed by atoms with Crippen LogP contribution in [0.5, 0.6) is 0 Å². The van der Waals surface area contributed by atoms with Gasteiger partial charge in [-0.05, 0) is 84.3 Å². The Hall–Kier alpha value is -2.97. The molecule has 1 amide bonds. The van der Waals surface area contributed by atoms with E-state index in [1.165, 1.54) is 11.1 Å². The second-order valence-corrected chi connectivity index (χ2v) is 16.1. The van der Waals surface area contributed by atoms with E-state index in [1.807, 2.05) is 74.4 Å². The number of amides is 1. The lowest BCUT2D eigenvalue weighted by atomic mass is 10.0. The maximum absolute atomic E-state index is 11.1. The van der Waals surface area contributed by atoms with Crippen molar-refractivity contribution in [3.8, 4) is 11.1 Å². The van der Waals surface area contributed by atoms with Gasteiger partial charge in [-0.2, -0.15) is 0 Å². The molecule has 2 aliphatic rings. The summed E-state index contributed by atoms with van der Waals surface area (Å²) in [6.45, 7) is 32.3. The van der Waals surface area contributed by atoms with Crippen molar-refractivity contribution in [2.75, 3.05) is 0 Å². The first-order chi connectivity index (χ1) is 21.3. The van der Waals surface area contributed by atoms with Gasteiger partial charge >= 0.3 is 0 Å². The topological polar surface area (TPSA) is 96.9 Å². The minimum absolute atomic E-state index is 0. The van der Waals surface area contributed by atoms with Crippen LogP contribution in [0, 0.1) is 17.8 Å². The first kappa shape index (κ1) is 46.2. The zero-order chi connectivity index (χ0) is 35.8. The number of carbonyl (C=O) groups excluding carboxylic acids is 1. The van der Waals surface area contributed by atoms with Gasteiger partial charge in [0.25, 0.3) is 0 Å². The van der Waals surface area contributed by atoms with Crippen LogP contribution in [0.3, 0.4) is 0 Å². The number of oxime groups is 1. The normalized spacial score (nSPS) is 12.9. The highest BCUT2D eigenvalue weighted by atomic mass is 32.2. The third kappa shape index (κ3) is 18.2. The third-order valence-corrected chi connectivity index (χ3v) is 8.88. The Morgan fingerprint density at radius 1 is 0.787 bits per heavy atom. The molecule has 2 aromatic carbocycles. The molecular weight excluding hydrogens is 607 g/mol. The summed E-state index contributed by atoms with van der Waals surface area (Å²) in [5.74, 6) is 1.90. The largest absolute Gasteiger partial charge is 0.393 e. The Balaban J connectivity index is 0. The van der Waals surface area contributed by atoms with Crippen molar-refractivity contribution in [3.63, 3.8) is 0 Å². The molecular formula is C39H67N3O4S. The summed E-state index contributed by atoms with van der Waals surface area (Å²) in [5, 5.41) is 7.11. The monoisotopic (exact) mass is 673 g/mol. The quantitative estimate of drug-likeness (QED) is 0.193. The summed E-state index contributed by atoms with van der Waals surface area (Å²) in [7, 11) is -2.94. The van der Waals surface area contributed by atoms with Crippen LogP contribution in [-0.4, -0.2) is 43.0 Å². The SMILES string of the molecule is C.C=C.CC(C)C(=O)NC(C)(C)C.CC(C)C(C)C.CC(C)NS(=O)(=O)C1CC1.CC(C)ON=C1c2ccccc2-c2ccccc21. The molecule has 0 aliphatic heterocycles. The van der Waals surface area contributed by atoms with Gasteiger partial charge in [0.05, 0.1) is 5.25 Å². The first-order valence-electron chi connectivity index (χ1n) is 16.5. The maximum Gasteiger partial charge on any atom is 0.222 e. The van der Waals surface area contributed by atoms with Gasteiger partial charge in [0.2, 0.25) is 15.9 Å². The molecule has 4 rings (SSSR count). The number of benzene rings is 2. The van der Waals surface area contributed by atoms with Crippen molar-refractivity contribution < 1.29 is 18.0 Å². The average molecular weight is 674 g/mol. The van der Waals surface area contributed by atoms with Crippen LogP contribution >= 0.6 is 0 Å². The number of hydrogen-bond donors (Lipinski definition) is 2. The Morgan fingerprint density at radius 3 is 1.43 bits per heavy atom. The van der Waals surface area contributed by atoms with E-state index in [1.54, 1.807) is 0 Å². The van der Waals surface area contributed by atoms with Crippen LogP contribution in [0.25, 0.3) is 11.1 Å². The lowest BCUT2D eigenvalue weighted by molar-refractivity contribution is -0.125. The third-order valence-electron chi connectivity index (χ3n) is 6.73. The smallest absolute Gasteiger partial charge is 0.222 e. The number of carbonyl (C=O) groups is 1. The molecule has 0 aromatic heterocycles. The van der Waals surface area contributed by atoms with Crippen LogP contribution in [0.2, 0.25) is 0 Å². The standard InChI is InChI=1S/C16H15NO.C8H17NO.C6H13NO2S.C6H14.C2H4.CH4/c1-11(2)18-17-16-14-9-5-3-7-12(14)13-8-4-6-10-15(13)16;1-6(2)7(10)9-8(3,4)5;1-5(2)7-10(8,9)6-3-4-6;1-5(2)6(3)4;1-2;/h3-11H,1-2H3;6H,1-5H3,(H,9,10);5-7H,3-4H2,1-2H3;5-6H,1-4H3;1-2H2;1H4. The molecule has 268 valence electrons. The molecule has 0 heterocycles. The van der Waals surface area contributed by atoms with Crippen molar-refractivity contribution in [1.82, 2.24) is 10.0 Å². The minimum atomic E-state index is -2.94. The number of nitrogens with one attached hydrogen (secondary N) is 2. The summed E-state index contributed by atoms with van der Waals surface area (Å²) in [4.78, 5) is 16.5. The minimum Gasteiger partial charge on any atom is -0.393 e. The lowest BCUT2D eigenvalue weighted by Gasteiger charge is -2.21. The number of rotatable bonds is 7. The van der Waals surface area contributed by atoms with Crippen molar-refractivity contribution in [2.45, 2.75) is 133 Å². The lowest BCUT2D eigenvalue weighted by Crippen LogP contribution is -2.42. The fourth-order valence-electron chi connectivity index (χ4n) is 3.57. The maximum atomic E-state index is 11.1. The second kappa shape index (κ2) is 21.8. The average Bonchev–Trinajstić information content (AvgIpc) is 3.77.